The summed E-state index contributed by atoms with van der Waals surface area (Å²) in [7, 11) is 0. The summed E-state index contributed by atoms with van der Waals surface area (Å²) in [5.74, 6) is 0.917. The molecule has 1 fully saturated rings. The van der Waals surface area contributed by atoms with E-state index < -0.39 is 0 Å². The molecule has 1 saturated heterocycles. The first-order chi connectivity index (χ1) is 9.90. The number of piperidine rings is 1. The molecule has 2 heterocycles. The highest BCUT2D eigenvalue weighted by atomic mass is 35.5. The maximum absolute atomic E-state index is 8.86. The Bertz CT molecular complexity index is 467. The zero-order valence-electron chi connectivity index (χ0n) is 13.1. The van der Waals surface area contributed by atoms with E-state index in [1.807, 2.05) is 6.07 Å². The summed E-state index contributed by atoms with van der Waals surface area (Å²) in [4.78, 5) is 11.0. The number of hydrogen-bond donors (Lipinski definition) is 2. The summed E-state index contributed by atoms with van der Waals surface area (Å²) >= 11 is 6.08. The van der Waals surface area contributed by atoms with Gasteiger partial charge in [0.25, 0.3) is 0 Å². The molecule has 1 aromatic heterocycles. The number of aliphatic hydroxyl groups excluding tert-OH is 1. The normalized spacial score (nSPS) is 17.3. The predicted octanol–water partition coefficient (Wildman–Crippen LogP) is 1.98. The van der Waals surface area contributed by atoms with Crippen LogP contribution in [0.1, 0.15) is 39.3 Å². The van der Waals surface area contributed by atoms with Gasteiger partial charge in [0, 0.05) is 37.2 Å². The summed E-state index contributed by atoms with van der Waals surface area (Å²) in [6, 6.07) is 2.53. The lowest BCUT2D eigenvalue weighted by Crippen LogP contribution is -2.43. The van der Waals surface area contributed by atoms with Gasteiger partial charge in [-0.05, 0) is 24.4 Å². The molecule has 0 bridgehead atoms. The van der Waals surface area contributed by atoms with Gasteiger partial charge < -0.3 is 15.3 Å². The number of halogens is 1. The van der Waals surface area contributed by atoms with Crippen LogP contribution in [0.25, 0.3) is 0 Å². The second-order valence-corrected chi connectivity index (χ2v) is 6.91. The standard InChI is InChI=1S/C15H25ClN4O/c1-15(2,3)12-10-13(19-14(16)18-12)20-7-4-11(5-8-20)17-6-9-21/h10-11,17,21H,4-9H2,1-3H3. The van der Waals surface area contributed by atoms with Crippen LogP contribution < -0.4 is 10.2 Å². The average Bonchev–Trinajstić information content (AvgIpc) is 2.44. The number of nitrogens with one attached hydrogen (secondary N) is 1. The Hall–Kier alpha value is -0.910. The summed E-state index contributed by atoms with van der Waals surface area (Å²) in [5.41, 5.74) is 0.931. The van der Waals surface area contributed by atoms with Crippen molar-refractivity contribution in [3.63, 3.8) is 0 Å². The molecule has 1 aliphatic rings. The molecule has 5 nitrogen and oxygen atoms in total. The van der Waals surface area contributed by atoms with Crippen LogP contribution >= 0.6 is 11.6 Å². The molecule has 0 saturated carbocycles. The summed E-state index contributed by atoms with van der Waals surface area (Å²) in [6.45, 7) is 9.12. The molecular weight excluding hydrogens is 288 g/mol. The first-order valence-electron chi connectivity index (χ1n) is 7.54. The Balaban J connectivity index is 2.05. The second kappa shape index (κ2) is 6.90. The van der Waals surface area contributed by atoms with Gasteiger partial charge >= 0.3 is 0 Å². The molecule has 0 spiro atoms. The van der Waals surface area contributed by atoms with Gasteiger partial charge in [0.05, 0.1) is 12.3 Å². The molecule has 2 N–H and O–H groups in total. The Morgan fingerprint density at radius 1 is 1.33 bits per heavy atom. The zero-order chi connectivity index (χ0) is 15.5. The predicted molar refractivity (Wildman–Crippen MR) is 86.1 cm³/mol. The molecule has 2 rings (SSSR count). The van der Waals surface area contributed by atoms with E-state index in [0.29, 0.717) is 17.9 Å². The van der Waals surface area contributed by atoms with Crippen molar-refractivity contribution < 1.29 is 5.11 Å². The van der Waals surface area contributed by atoms with Gasteiger partial charge in [0.2, 0.25) is 5.28 Å². The van der Waals surface area contributed by atoms with Crippen molar-refractivity contribution in [3.8, 4) is 0 Å². The highest BCUT2D eigenvalue weighted by Crippen LogP contribution is 2.26. The van der Waals surface area contributed by atoms with Gasteiger partial charge in [-0.2, -0.15) is 0 Å². The molecule has 6 heteroatoms. The van der Waals surface area contributed by atoms with Gasteiger partial charge in [-0.1, -0.05) is 20.8 Å². The fourth-order valence-corrected chi connectivity index (χ4v) is 2.71. The molecule has 0 aliphatic carbocycles. The van der Waals surface area contributed by atoms with Crippen LogP contribution in [0.5, 0.6) is 0 Å². The highest BCUT2D eigenvalue weighted by molar-refractivity contribution is 6.28. The minimum Gasteiger partial charge on any atom is -0.395 e. The fraction of sp³-hybridized carbons (Fsp3) is 0.733. The van der Waals surface area contributed by atoms with Crippen LogP contribution in [-0.2, 0) is 5.41 Å². The molecule has 118 valence electrons. The smallest absolute Gasteiger partial charge is 0.224 e. The Labute approximate surface area is 131 Å². The Morgan fingerprint density at radius 3 is 2.57 bits per heavy atom. The van der Waals surface area contributed by atoms with E-state index in [1.54, 1.807) is 0 Å². The molecular formula is C15H25ClN4O. The van der Waals surface area contributed by atoms with Crippen LogP contribution in [0.3, 0.4) is 0 Å². The van der Waals surface area contributed by atoms with Crippen LogP contribution in [-0.4, -0.2) is 47.4 Å². The quantitative estimate of drug-likeness (QED) is 0.833. The molecule has 0 unspecified atom stereocenters. The number of aromatic nitrogens is 2. The minimum absolute atomic E-state index is 0.0394. The molecule has 1 aliphatic heterocycles. The first kappa shape index (κ1) is 16.5. The lowest BCUT2D eigenvalue weighted by atomic mass is 9.92. The lowest BCUT2D eigenvalue weighted by Gasteiger charge is -2.33. The molecule has 21 heavy (non-hydrogen) atoms. The van der Waals surface area contributed by atoms with E-state index in [9.17, 15) is 0 Å². The van der Waals surface area contributed by atoms with Crippen molar-refractivity contribution in [2.45, 2.75) is 45.1 Å². The maximum atomic E-state index is 8.86. The van der Waals surface area contributed by atoms with Gasteiger partial charge in [-0.3, -0.25) is 0 Å². The largest absolute Gasteiger partial charge is 0.395 e. The number of nitrogens with zero attached hydrogens (tertiary/aromatic N) is 3. The van der Waals surface area contributed by atoms with Crippen LogP contribution in [0.4, 0.5) is 5.82 Å². The SMILES string of the molecule is CC(C)(C)c1cc(N2CCC(NCCO)CC2)nc(Cl)n1. The molecule has 0 aromatic carbocycles. The van der Waals surface area contributed by atoms with Gasteiger partial charge in [0.15, 0.2) is 0 Å². The van der Waals surface area contributed by atoms with E-state index in [-0.39, 0.29) is 12.0 Å². The zero-order valence-corrected chi connectivity index (χ0v) is 13.8. The monoisotopic (exact) mass is 312 g/mol. The summed E-state index contributed by atoms with van der Waals surface area (Å²) < 4.78 is 0. The number of hydrogen-bond acceptors (Lipinski definition) is 5. The van der Waals surface area contributed by atoms with Crippen molar-refractivity contribution in [2.24, 2.45) is 0 Å². The van der Waals surface area contributed by atoms with Crippen molar-refractivity contribution in [1.29, 1.82) is 0 Å². The van der Waals surface area contributed by atoms with Crippen LogP contribution in [0.15, 0.2) is 6.07 Å². The van der Waals surface area contributed by atoms with Crippen molar-refractivity contribution in [2.75, 3.05) is 31.1 Å². The van der Waals surface area contributed by atoms with Crippen molar-refractivity contribution in [1.82, 2.24) is 15.3 Å². The van der Waals surface area contributed by atoms with Gasteiger partial charge in [-0.15, -0.1) is 0 Å². The molecule has 0 amide bonds. The Kier molecular flexibility index (Phi) is 5.41. The van der Waals surface area contributed by atoms with Crippen molar-refractivity contribution in [3.05, 3.63) is 17.0 Å². The average molecular weight is 313 g/mol. The maximum Gasteiger partial charge on any atom is 0.224 e. The number of rotatable bonds is 4. The van der Waals surface area contributed by atoms with Gasteiger partial charge in [0.1, 0.15) is 5.82 Å². The Morgan fingerprint density at radius 2 is 2.00 bits per heavy atom. The number of anilines is 1. The van der Waals surface area contributed by atoms with E-state index in [2.05, 4.69) is 41.0 Å². The summed E-state index contributed by atoms with van der Waals surface area (Å²) in [6.07, 6.45) is 2.10. The second-order valence-electron chi connectivity index (χ2n) is 6.57. The first-order valence-corrected chi connectivity index (χ1v) is 7.92. The third-order valence-corrected chi connectivity index (χ3v) is 3.99. The van der Waals surface area contributed by atoms with E-state index >= 15 is 0 Å². The fourth-order valence-electron chi connectivity index (χ4n) is 2.53. The summed E-state index contributed by atoms with van der Waals surface area (Å²) in [5, 5.41) is 12.5. The van der Waals surface area contributed by atoms with E-state index in [0.717, 1.165) is 37.4 Å². The highest BCUT2D eigenvalue weighted by Gasteiger charge is 2.23. The third-order valence-electron chi connectivity index (χ3n) is 3.82. The van der Waals surface area contributed by atoms with E-state index in [1.165, 1.54) is 0 Å². The van der Waals surface area contributed by atoms with Gasteiger partial charge in [-0.25, -0.2) is 9.97 Å². The third kappa shape index (κ3) is 4.53. The van der Waals surface area contributed by atoms with E-state index in [4.69, 9.17) is 16.7 Å². The van der Waals surface area contributed by atoms with Crippen LogP contribution in [0, 0.1) is 0 Å². The molecule has 0 atom stereocenters. The topological polar surface area (TPSA) is 61.3 Å². The minimum atomic E-state index is -0.0394. The molecule has 1 aromatic rings. The molecule has 0 radical (unpaired) electrons. The van der Waals surface area contributed by atoms with Crippen LogP contribution in [0.2, 0.25) is 5.28 Å². The lowest BCUT2D eigenvalue weighted by molar-refractivity contribution is 0.277. The van der Waals surface area contributed by atoms with Crippen molar-refractivity contribution >= 4 is 17.4 Å². The number of aliphatic hydroxyl groups is 1.